The molecule has 2 aromatic carbocycles. The highest BCUT2D eigenvalue weighted by atomic mass is 16.5. The van der Waals surface area contributed by atoms with E-state index < -0.39 is 0 Å². The lowest BCUT2D eigenvalue weighted by molar-refractivity contribution is 0.0942. The summed E-state index contributed by atoms with van der Waals surface area (Å²) in [6.45, 7) is 5.59. The number of hydrogen-bond donors (Lipinski definition) is 2. The van der Waals surface area contributed by atoms with E-state index in [0.29, 0.717) is 12.0 Å². The van der Waals surface area contributed by atoms with Crippen molar-refractivity contribution in [2.75, 3.05) is 20.8 Å². The number of aryl methyl sites for hydroxylation is 2. The minimum absolute atomic E-state index is 0.0358. The van der Waals surface area contributed by atoms with Crippen LogP contribution in [0.4, 0.5) is 0 Å². The molecule has 0 aliphatic heterocycles. The van der Waals surface area contributed by atoms with E-state index in [-0.39, 0.29) is 5.91 Å². The van der Waals surface area contributed by atoms with Crippen molar-refractivity contribution >= 4 is 5.91 Å². The smallest absolute Gasteiger partial charge is 0.251 e. The van der Waals surface area contributed by atoms with Crippen LogP contribution in [-0.4, -0.2) is 32.7 Å². The number of methoxy groups -OCH3 is 2. The Labute approximate surface area is 180 Å². The van der Waals surface area contributed by atoms with Crippen molar-refractivity contribution in [3.05, 3.63) is 58.7 Å². The summed E-state index contributed by atoms with van der Waals surface area (Å²) in [6, 6.07) is 12.4. The van der Waals surface area contributed by atoms with E-state index in [2.05, 4.69) is 22.8 Å². The molecule has 0 radical (unpaired) electrons. The van der Waals surface area contributed by atoms with Crippen LogP contribution in [0.2, 0.25) is 0 Å². The lowest BCUT2D eigenvalue weighted by atomic mass is 9.86. The molecule has 0 heterocycles. The van der Waals surface area contributed by atoms with Crippen LogP contribution in [0.5, 0.6) is 11.5 Å². The van der Waals surface area contributed by atoms with Crippen molar-refractivity contribution < 1.29 is 14.3 Å². The minimum atomic E-state index is 0.0358. The fourth-order valence-electron chi connectivity index (χ4n) is 4.27. The Morgan fingerprint density at radius 3 is 2.30 bits per heavy atom. The number of carbonyl (C=O) groups excluding carboxylic acids is 1. The molecular weight excluding hydrogens is 376 g/mol. The maximum atomic E-state index is 12.5. The fourth-order valence-corrected chi connectivity index (χ4v) is 4.27. The lowest BCUT2D eigenvalue weighted by Crippen LogP contribution is -2.36. The molecule has 1 saturated carbocycles. The van der Waals surface area contributed by atoms with Crippen LogP contribution < -0.4 is 20.1 Å². The second kappa shape index (κ2) is 10.5. The van der Waals surface area contributed by atoms with E-state index in [0.717, 1.165) is 72.5 Å². The monoisotopic (exact) mass is 410 g/mol. The van der Waals surface area contributed by atoms with E-state index in [1.807, 2.05) is 38.1 Å². The van der Waals surface area contributed by atoms with E-state index >= 15 is 0 Å². The van der Waals surface area contributed by atoms with Crippen molar-refractivity contribution in [2.24, 2.45) is 5.92 Å². The summed E-state index contributed by atoms with van der Waals surface area (Å²) in [5.41, 5.74) is 4.15. The molecule has 1 amide bonds. The molecule has 1 aliphatic rings. The van der Waals surface area contributed by atoms with Gasteiger partial charge in [-0.25, -0.2) is 0 Å². The first-order valence-corrected chi connectivity index (χ1v) is 10.8. The average molecular weight is 411 g/mol. The van der Waals surface area contributed by atoms with Gasteiger partial charge in [0.05, 0.1) is 14.2 Å². The number of nitrogens with one attached hydrogen (secondary N) is 2. The van der Waals surface area contributed by atoms with Crippen molar-refractivity contribution in [1.82, 2.24) is 10.6 Å². The molecule has 0 saturated heterocycles. The first-order chi connectivity index (χ1) is 14.5. The minimum Gasteiger partial charge on any atom is -0.497 e. The third kappa shape index (κ3) is 5.99. The summed E-state index contributed by atoms with van der Waals surface area (Å²) in [4.78, 5) is 12.5. The van der Waals surface area contributed by atoms with Crippen LogP contribution in [0.15, 0.2) is 36.4 Å². The SMILES string of the molecule is COc1ccc(CNC2CCC(CNC(=O)c3cc(C)cc(C)c3)CC2)c(OC)c1. The zero-order chi connectivity index (χ0) is 21.5. The van der Waals surface area contributed by atoms with Crippen molar-refractivity contribution in [3.8, 4) is 11.5 Å². The molecule has 0 atom stereocenters. The maximum absolute atomic E-state index is 12.5. The molecule has 2 aromatic rings. The third-order valence-corrected chi connectivity index (χ3v) is 5.96. The van der Waals surface area contributed by atoms with Gasteiger partial charge in [-0.3, -0.25) is 4.79 Å². The summed E-state index contributed by atoms with van der Waals surface area (Å²) in [7, 11) is 3.35. The summed E-state index contributed by atoms with van der Waals surface area (Å²) in [5.74, 6) is 2.24. The molecule has 3 rings (SSSR count). The summed E-state index contributed by atoms with van der Waals surface area (Å²) in [5, 5.41) is 6.80. The molecule has 0 aromatic heterocycles. The number of rotatable bonds is 8. The average Bonchev–Trinajstić information content (AvgIpc) is 2.75. The van der Waals surface area contributed by atoms with Crippen molar-refractivity contribution in [3.63, 3.8) is 0 Å². The molecule has 1 fully saturated rings. The molecule has 162 valence electrons. The van der Waals surface area contributed by atoms with Crippen molar-refractivity contribution in [2.45, 2.75) is 52.1 Å². The zero-order valence-corrected chi connectivity index (χ0v) is 18.6. The summed E-state index contributed by atoms with van der Waals surface area (Å²) < 4.78 is 10.8. The Morgan fingerprint density at radius 1 is 0.967 bits per heavy atom. The van der Waals surface area contributed by atoms with Crippen LogP contribution in [0, 0.1) is 19.8 Å². The molecule has 0 spiro atoms. The van der Waals surface area contributed by atoms with Crippen molar-refractivity contribution in [1.29, 1.82) is 0 Å². The Hall–Kier alpha value is -2.53. The second-order valence-corrected chi connectivity index (χ2v) is 8.36. The highest BCUT2D eigenvalue weighted by molar-refractivity contribution is 5.94. The molecule has 0 unspecified atom stereocenters. The van der Waals surface area contributed by atoms with Gasteiger partial charge in [-0.2, -0.15) is 0 Å². The highest BCUT2D eigenvalue weighted by Gasteiger charge is 2.22. The molecule has 0 bridgehead atoms. The largest absolute Gasteiger partial charge is 0.497 e. The number of hydrogen-bond acceptors (Lipinski definition) is 4. The Morgan fingerprint density at radius 2 is 1.67 bits per heavy atom. The van der Waals surface area contributed by atoms with Crippen LogP contribution in [0.25, 0.3) is 0 Å². The summed E-state index contributed by atoms with van der Waals surface area (Å²) in [6.07, 6.45) is 4.51. The normalized spacial score (nSPS) is 18.7. The van der Waals surface area contributed by atoms with E-state index in [4.69, 9.17) is 9.47 Å². The van der Waals surface area contributed by atoms with Gasteiger partial charge in [-0.15, -0.1) is 0 Å². The summed E-state index contributed by atoms with van der Waals surface area (Å²) >= 11 is 0. The molecule has 30 heavy (non-hydrogen) atoms. The number of benzene rings is 2. The van der Waals surface area contributed by atoms with Gasteiger partial charge in [-0.05, 0) is 63.6 Å². The number of ether oxygens (including phenoxy) is 2. The molecule has 5 heteroatoms. The quantitative estimate of drug-likeness (QED) is 0.677. The van der Waals surface area contributed by atoms with Gasteiger partial charge in [0, 0.05) is 36.3 Å². The van der Waals surface area contributed by atoms with Gasteiger partial charge in [0.1, 0.15) is 11.5 Å². The Balaban J connectivity index is 1.42. The van der Waals surface area contributed by atoms with Gasteiger partial charge < -0.3 is 20.1 Å². The van der Waals surface area contributed by atoms with Crippen LogP contribution in [0.1, 0.15) is 52.7 Å². The van der Waals surface area contributed by atoms with Gasteiger partial charge in [0.25, 0.3) is 5.91 Å². The van der Waals surface area contributed by atoms with E-state index in [1.165, 1.54) is 0 Å². The van der Waals surface area contributed by atoms with E-state index in [9.17, 15) is 4.79 Å². The predicted octanol–water partition coefficient (Wildman–Crippen LogP) is 4.40. The second-order valence-electron chi connectivity index (χ2n) is 8.36. The molecule has 5 nitrogen and oxygen atoms in total. The molecule has 2 N–H and O–H groups in total. The van der Waals surface area contributed by atoms with Crippen LogP contribution >= 0.6 is 0 Å². The highest BCUT2D eigenvalue weighted by Crippen LogP contribution is 2.27. The number of carbonyl (C=O) groups is 1. The Kier molecular flexibility index (Phi) is 7.75. The number of amides is 1. The van der Waals surface area contributed by atoms with Gasteiger partial charge >= 0.3 is 0 Å². The lowest BCUT2D eigenvalue weighted by Gasteiger charge is -2.29. The fraction of sp³-hybridized carbons (Fsp3) is 0.480. The molecule has 1 aliphatic carbocycles. The van der Waals surface area contributed by atoms with Gasteiger partial charge in [-0.1, -0.05) is 23.3 Å². The topological polar surface area (TPSA) is 59.6 Å². The predicted molar refractivity (Wildman–Crippen MR) is 120 cm³/mol. The first-order valence-electron chi connectivity index (χ1n) is 10.8. The first kappa shape index (κ1) is 22.2. The van der Waals surface area contributed by atoms with Crippen LogP contribution in [-0.2, 0) is 6.54 Å². The van der Waals surface area contributed by atoms with Gasteiger partial charge in [0.2, 0.25) is 0 Å². The van der Waals surface area contributed by atoms with Gasteiger partial charge in [0.15, 0.2) is 0 Å². The Bertz CT molecular complexity index is 837. The molecular formula is C25H34N2O3. The van der Waals surface area contributed by atoms with E-state index in [1.54, 1.807) is 14.2 Å². The standard InChI is InChI=1S/C25H34N2O3/c1-17-11-18(2)13-21(12-17)25(28)27-15-19-5-8-22(9-6-19)26-16-20-7-10-23(29-3)14-24(20)30-4/h7,10-14,19,22,26H,5-6,8-9,15-16H2,1-4H3,(H,27,28). The van der Waals surface area contributed by atoms with Crippen LogP contribution in [0.3, 0.4) is 0 Å². The zero-order valence-electron chi connectivity index (χ0n) is 18.6. The maximum Gasteiger partial charge on any atom is 0.251 e. The third-order valence-electron chi connectivity index (χ3n) is 5.96.